The molecular formula is C6H17N3. The monoisotopic (exact) mass is 131 g/mol. The van der Waals surface area contributed by atoms with Crippen LogP contribution in [0.3, 0.4) is 0 Å². The molecule has 0 spiro atoms. The van der Waals surface area contributed by atoms with E-state index in [4.69, 9.17) is 11.5 Å². The molecule has 9 heavy (non-hydrogen) atoms. The third kappa shape index (κ3) is 4.39. The highest BCUT2D eigenvalue weighted by Crippen LogP contribution is 1.92. The van der Waals surface area contributed by atoms with E-state index in [2.05, 4.69) is 5.32 Å². The lowest BCUT2D eigenvalue weighted by Gasteiger charge is -2.12. The van der Waals surface area contributed by atoms with Crippen LogP contribution in [0.4, 0.5) is 0 Å². The van der Waals surface area contributed by atoms with Crippen molar-refractivity contribution in [1.82, 2.24) is 5.32 Å². The van der Waals surface area contributed by atoms with Crippen LogP contribution in [-0.4, -0.2) is 26.2 Å². The molecule has 0 bridgehead atoms. The smallest absolute Gasteiger partial charge is 0.00880 e. The predicted octanol–water partition coefficient (Wildman–Crippen LogP) is -0.728. The van der Waals surface area contributed by atoms with Gasteiger partial charge in [-0.3, -0.25) is 0 Å². The van der Waals surface area contributed by atoms with Gasteiger partial charge in [-0.2, -0.15) is 0 Å². The van der Waals surface area contributed by atoms with E-state index in [0.717, 1.165) is 25.9 Å². The maximum Gasteiger partial charge on any atom is 0.00880 e. The summed E-state index contributed by atoms with van der Waals surface area (Å²) in [5.41, 5.74) is 10.7. The van der Waals surface area contributed by atoms with Crippen molar-refractivity contribution in [3.63, 3.8) is 0 Å². The van der Waals surface area contributed by atoms with Crippen LogP contribution in [0.5, 0.6) is 0 Å². The standard InChI is InChI=1S/C6H17N3/c1-9-6(2-4-7)3-5-8/h6,9H,2-5,7-8H2,1H3. The molecule has 0 atom stereocenters. The molecule has 0 rings (SSSR count). The Morgan fingerprint density at radius 1 is 1.22 bits per heavy atom. The van der Waals surface area contributed by atoms with E-state index in [1.807, 2.05) is 7.05 Å². The van der Waals surface area contributed by atoms with Gasteiger partial charge in [0.2, 0.25) is 0 Å². The summed E-state index contributed by atoms with van der Waals surface area (Å²) in [5.74, 6) is 0. The molecule has 56 valence electrons. The summed E-state index contributed by atoms with van der Waals surface area (Å²) < 4.78 is 0. The lowest BCUT2D eigenvalue weighted by molar-refractivity contribution is 0.501. The highest BCUT2D eigenvalue weighted by molar-refractivity contribution is 4.64. The second-order valence-electron chi connectivity index (χ2n) is 2.14. The Bertz CT molecular complexity index is 50.3. The molecule has 0 radical (unpaired) electrons. The van der Waals surface area contributed by atoms with E-state index in [1.165, 1.54) is 0 Å². The van der Waals surface area contributed by atoms with Crippen LogP contribution in [0.2, 0.25) is 0 Å². The Morgan fingerprint density at radius 2 is 1.67 bits per heavy atom. The predicted molar refractivity (Wildman–Crippen MR) is 40.2 cm³/mol. The first-order valence-electron chi connectivity index (χ1n) is 3.42. The topological polar surface area (TPSA) is 64.1 Å². The summed E-state index contributed by atoms with van der Waals surface area (Å²) in [4.78, 5) is 0. The van der Waals surface area contributed by atoms with Gasteiger partial charge < -0.3 is 16.8 Å². The molecule has 0 saturated carbocycles. The minimum absolute atomic E-state index is 0.514. The average Bonchev–Trinajstić information content (AvgIpc) is 1.88. The van der Waals surface area contributed by atoms with Gasteiger partial charge in [-0.05, 0) is 33.0 Å². The first kappa shape index (κ1) is 8.88. The lowest BCUT2D eigenvalue weighted by Crippen LogP contribution is -2.30. The largest absolute Gasteiger partial charge is 0.330 e. The maximum absolute atomic E-state index is 5.35. The van der Waals surface area contributed by atoms with Gasteiger partial charge in [-0.1, -0.05) is 0 Å². The van der Waals surface area contributed by atoms with Gasteiger partial charge in [0.15, 0.2) is 0 Å². The van der Waals surface area contributed by atoms with Crippen molar-refractivity contribution >= 4 is 0 Å². The van der Waals surface area contributed by atoms with Crippen LogP contribution in [0, 0.1) is 0 Å². The zero-order valence-corrected chi connectivity index (χ0v) is 6.06. The fourth-order valence-electron chi connectivity index (χ4n) is 0.835. The molecule has 5 N–H and O–H groups in total. The zero-order valence-electron chi connectivity index (χ0n) is 6.06. The summed E-state index contributed by atoms with van der Waals surface area (Å²) in [7, 11) is 1.94. The van der Waals surface area contributed by atoms with E-state index in [1.54, 1.807) is 0 Å². The van der Waals surface area contributed by atoms with Gasteiger partial charge in [0.1, 0.15) is 0 Å². The average molecular weight is 131 g/mol. The molecule has 0 aliphatic heterocycles. The molecule has 0 unspecified atom stereocenters. The molecule has 0 aromatic heterocycles. The number of hydrogen-bond donors (Lipinski definition) is 3. The summed E-state index contributed by atoms with van der Waals surface area (Å²) in [6, 6.07) is 0.514. The molecule has 0 saturated heterocycles. The Balaban J connectivity index is 3.18. The molecule has 0 aromatic rings. The normalized spacial score (nSPS) is 10.7. The fraction of sp³-hybridized carbons (Fsp3) is 1.00. The Labute approximate surface area is 56.8 Å². The van der Waals surface area contributed by atoms with E-state index < -0.39 is 0 Å². The second kappa shape index (κ2) is 6.01. The molecule has 3 heteroatoms. The molecule has 0 fully saturated rings. The van der Waals surface area contributed by atoms with Gasteiger partial charge in [0.05, 0.1) is 0 Å². The molecule has 0 aliphatic rings. The number of hydrogen-bond acceptors (Lipinski definition) is 3. The number of nitrogens with two attached hydrogens (primary N) is 2. The minimum atomic E-state index is 0.514. The van der Waals surface area contributed by atoms with Crippen LogP contribution in [0.1, 0.15) is 12.8 Å². The third-order valence-corrected chi connectivity index (χ3v) is 1.44. The van der Waals surface area contributed by atoms with Gasteiger partial charge in [0, 0.05) is 6.04 Å². The van der Waals surface area contributed by atoms with Gasteiger partial charge >= 0.3 is 0 Å². The van der Waals surface area contributed by atoms with Crippen molar-refractivity contribution in [2.24, 2.45) is 11.5 Å². The lowest BCUT2D eigenvalue weighted by atomic mass is 10.1. The van der Waals surface area contributed by atoms with Gasteiger partial charge in [0.25, 0.3) is 0 Å². The van der Waals surface area contributed by atoms with Crippen molar-refractivity contribution in [2.75, 3.05) is 20.1 Å². The number of rotatable bonds is 5. The van der Waals surface area contributed by atoms with Crippen molar-refractivity contribution in [1.29, 1.82) is 0 Å². The highest BCUT2D eigenvalue weighted by Gasteiger charge is 2.00. The Kier molecular flexibility index (Phi) is 5.93. The molecule has 0 amide bonds. The van der Waals surface area contributed by atoms with Crippen molar-refractivity contribution in [3.8, 4) is 0 Å². The SMILES string of the molecule is CNC(CCN)CCN. The molecule has 0 aromatic carbocycles. The molecule has 0 heterocycles. The second-order valence-corrected chi connectivity index (χ2v) is 2.14. The fourth-order valence-corrected chi connectivity index (χ4v) is 0.835. The molecule has 0 aliphatic carbocycles. The quantitative estimate of drug-likeness (QED) is 0.461. The Hall–Kier alpha value is -0.120. The van der Waals surface area contributed by atoms with E-state index in [-0.39, 0.29) is 0 Å². The first-order chi connectivity index (χ1) is 4.35. The maximum atomic E-state index is 5.35. The van der Waals surface area contributed by atoms with Gasteiger partial charge in [-0.15, -0.1) is 0 Å². The summed E-state index contributed by atoms with van der Waals surface area (Å²) in [6.07, 6.45) is 2.04. The first-order valence-corrected chi connectivity index (χ1v) is 3.42. The van der Waals surface area contributed by atoms with Crippen molar-refractivity contribution in [2.45, 2.75) is 18.9 Å². The summed E-state index contributed by atoms with van der Waals surface area (Å²) in [5, 5.41) is 3.14. The summed E-state index contributed by atoms with van der Waals surface area (Å²) >= 11 is 0. The van der Waals surface area contributed by atoms with Crippen molar-refractivity contribution in [3.05, 3.63) is 0 Å². The van der Waals surface area contributed by atoms with Crippen LogP contribution in [-0.2, 0) is 0 Å². The van der Waals surface area contributed by atoms with Crippen LogP contribution in [0.15, 0.2) is 0 Å². The van der Waals surface area contributed by atoms with E-state index in [0.29, 0.717) is 6.04 Å². The van der Waals surface area contributed by atoms with E-state index in [9.17, 15) is 0 Å². The van der Waals surface area contributed by atoms with Crippen LogP contribution < -0.4 is 16.8 Å². The number of nitrogens with one attached hydrogen (secondary N) is 1. The molecular weight excluding hydrogens is 114 g/mol. The zero-order chi connectivity index (χ0) is 7.11. The summed E-state index contributed by atoms with van der Waals surface area (Å²) in [6.45, 7) is 1.48. The Morgan fingerprint density at radius 3 is 1.89 bits per heavy atom. The van der Waals surface area contributed by atoms with Crippen LogP contribution in [0.25, 0.3) is 0 Å². The van der Waals surface area contributed by atoms with Crippen LogP contribution >= 0.6 is 0 Å². The molecule has 3 nitrogen and oxygen atoms in total. The highest BCUT2D eigenvalue weighted by atomic mass is 14.9. The minimum Gasteiger partial charge on any atom is -0.330 e. The van der Waals surface area contributed by atoms with Crippen molar-refractivity contribution < 1.29 is 0 Å². The van der Waals surface area contributed by atoms with Gasteiger partial charge in [-0.25, -0.2) is 0 Å². The van der Waals surface area contributed by atoms with E-state index >= 15 is 0 Å². The third-order valence-electron chi connectivity index (χ3n) is 1.44.